The summed E-state index contributed by atoms with van der Waals surface area (Å²) in [5.41, 5.74) is 17.5. The van der Waals surface area contributed by atoms with Gasteiger partial charge in [-0.3, -0.25) is 9.59 Å². The summed E-state index contributed by atoms with van der Waals surface area (Å²) in [6, 6.07) is 29.7. The topological polar surface area (TPSA) is 150 Å². The van der Waals surface area contributed by atoms with E-state index < -0.39 is 6.04 Å². The second-order valence-corrected chi connectivity index (χ2v) is 15.1. The summed E-state index contributed by atoms with van der Waals surface area (Å²) in [7, 11) is 1.81. The molecule has 1 heterocycles. The lowest BCUT2D eigenvalue weighted by molar-refractivity contribution is -0.124. The number of benzene rings is 4. The van der Waals surface area contributed by atoms with Crippen LogP contribution in [0.4, 0.5) is 0 Å². The van der Waals surface area contributed by atoms with Crippen molar-refractivity contribution in [2.24, 2.45) is 11.5 Å². The molecule has 0 aliphatic rings. The highest BCUT2D eigenvalue weighted by Gasteiger charge is 2.23. The van der Waals surface area contributed by atoms with Gasteiger partial charge in [0.15, 0.2) is 0 Å². The van der Waals surface area contributed by atoms with Gasteiger partial charge in [0.05, 0.1) is 17.1 Å². The number of H-pyrrole nitrogens is 1. The van der Waals surface area contributed by atoms with Crippen LogP contribution in [0, 0.1) is 0 Å². The number of unbranched alkanes of at least 4 members (excludes halogenated alkanes) is 1. The lowest BCUT2D eigenvalue weighted by Crippen LogP contribution is -2.47. The predicted octanol–water partition coefficient (Wildman–Crippen LogP) is 6.92. The van der Waals surface area contributed by atoms with Crippen LogP contribution in [0.15, 0.2) is 107 Å². The second kappa shape index (κ2) is 21.1. The molecule has 3 atom stereocenters. The van der Waals surface area contributed by atoms with Gasteiger partial charge in [-0.15, -0.1) is 0 Å². The van der Waals surface area contributed by atoms with Crippen LogP contribution in [-0.4, -0.2) is 55.1 Å². The Kier molecular flexibility index (Phi) is 16.0. The molecule has 9 nitrogen and oxygen atoms in total. The first kappa shape index (κ1) is 41.0. The van der Waals surface area contributed by atoms with Crippen LogP contribution in [0.2, 0.25) is 5.02 Å². The monoisotopic (exact) mass is 767 g/mol. The molecule has 0 aliphatic carbocycles. The van der Waals surface area contributed by atoms with E-state index in [1.807, 2.05) is 93.0 Å². The van der Waals surface area contributed by atoms with E-state index in [1.54, 1.807) is 11.8 Å². The summed E-state index contributed by atoms with van der Waals surface area (Å²) >= 11 is 8.86. The number of nitrogens with one attached hydrogen (secondary N) is 5. The Morgan fingerprint density at radius 1 is 0.778 bits per heavy atom. The van der Waals surface area contributed by atoms with E-state index in [0.29, 0.717) is 44.0 Å². The molecule has 5 rings (SSSR count). The summed E-state index contributed by atoms with van der Waals surface area (Å²) in [5.74, 6) is -0.114. The molecule has 2 amide bonds. The second-order valence-electron chi connectivity index (χ2n) is 13.7. The number of carbonyl (C=O) groups excluding carboxylic acids is 2. The van der Waals surface area contributed by atoms with Crippen molar-refractivity contribution in [3.63, 3.8) is 0 Å². The number of aromatic nitrogens is 1. The smallest absolute Gasteiger partial charge is 0.237 e. The van der Waals surface area contributed by atoms with E-state index in [1.165, 1.54) is 0 Å². The van der Waals surface area contributed by atoms with Crippen molar-refractivity contribution in [2.45, 2.75) is 86.5 Å². The van der Waals surface area contributed by atoms with Gasteiger partial charge < -0.3 is 37.7 Å². The SMILES string of the molecule is CN[C@@H](Cc1c[nH]c2ccccc12)C(=O)NCc1ccc(-c2ccccc2)c(Cl)c1Sc1ccccc1CN[C@@H](CCCN)C(=O)N[C@H](C)CCCCN. The Morgan fingerprint density at radius 3 is 2.30 bits per heavy atom. The molecule has 0 unspecified atom stereocenters. The van der Waals surface area contributed by atoms with Gasteiger partial charge in [0.2, 0.25) is 11.8 Å². The summed E-state index contributed by atoms with van der Waals surface area (Å²) in [5, 5.41) is 14.8. The van der Waals surface area contributed by atoms with Gasteiger partial charge in [-0.25, -0.2) is 0 Å². The molecule has 1 aromatic heterocycles. The molecular weight excluding hydrogens is 714 g/mol. The third-order valence-electron chi connectivity index (χ3n) is 9.70. The molecule has 54 heavy (non-hydrogen) atoms. The average molecular weight is 768 g/mol. The molecule has 4 aromatic carbocycles. The zero-order valence-electron chi connectivity index (χ0n) is 31.3. The summed E-state index contributed by atoms with van der Waals surface area (Å²) in [6.45, 7) is 3.98. The van der Waals surface area contributed by atoms with E-state index in [0.717, 1.165) is 74.2 Å². The molecule has 0 radical (unpaired) electrons. The van der Waals surface area contributed by atoms with E-state index in [2.05, 4.69) is 44.5 Å². The van der Waals surface area contributed by atoms with Crippen molar-refractivity contribution in [1.82, 2.24) is 26.3 Å². The lowest BCUT2D eigenvalue weighted by Gasteiger charge is -2.22. The third-order valence-corrected chi connectivity index (χ3v) is 11.5. The van der Waals surface area contributed by atoms with Crippen molar-refractivity contribution < 1.29 is 9.59 Å². The predicted molar refractivity (Wildman–Crippen MR) is 224 cm³/mol. The van der Waals surface area contributed by atoms with Crippen molar-refractivity contribution in [3.05, 3.63) is 119 Å². The van der Waals surface area contributed by atoms with Crippen molar-refractivity contribution >= 4 is 46.1 Å². The Morgan fingerprint density at radius 2 is 1.52 bits per heavy atom. The molecule has 0 fully saturated rings. The maximum absolute atomic E-state index is 13.6. The molecule has 11 heteroatoms. The summed E-state index contributed by atoms with van der Waals surface area (Å²) in [4.78, 5) is 32.2. The van der Waals surface area contributed by atoms with Crippen LogP contribution in [0.5, 0.6) is 0 Å². The molecule has 0 bridgehead atoms. The number of rotatable bonds is 21. The molecule has 0 spiro atoms. The zero-order valence-corrected chi connectivity index (χ0v) is 32.9. The van der Waals surface area contributed by atoms with Gasteiger partial charge in [0.1, 0.15) is 0 Å². The van der Waals surface area contributed by atoms with Gasteiger partial charge in [-0.1, -0.05) is 109 Å². The van der Waals surface area contributed by atoms with Crippen LogP contribution >= 0.6 is 23.4 Å². The number of likely N-dealkylation sites (N-methyl/N-ethyl adjacent to an activating group) is 1. The van der Waals surface area contributed by atoms with E-state index >= 15 is 0 Å². The highest BCUT2D eigenvalue weighted by Crippen LogP contribution is 2.42. The molecule has 0 saturated carbocycles. The van der Waals surface area contributed by atoms with Gasteiger partial charge in [0, 0.05) is 51.6 Å². The van der Waals surface area contributed by atoms with Crippen LogP contribution in [0.25, 0.3) is 22.0 Å². The number of fused-ring (bicyclic) bond motifs is 1. The number of hydrogen-bond donors (Lipinski definition) is 7. The highest BCUT2D eigenvalue weighted by atomic mass is 35.5. The van der Waals surface area contributed by atoms with Crippen molar-refractivity contribution in [3.8, 4) is 11.1 Å². The lowest BCUT2D eigenvalue weighted by atomic mass is 10.0. The quantitative estimate of drug-likeness (QED) is 0.0401. The number of nitrogens with two attached hydrogens (primary N) is 2. The first-order chi connectivity index (χ1) is 26.3. The molecule has 286 valence electrons. The van der Waals surface area contributed by atoms with Gasteiger partial charge in [-0.2, -0.15) is 0 Å². The highest BCUT2D eigenvalue weighted by molar-refractivity contribution is 7.99. The average Bonchev–Trinajstić information content (AvgIpc) is 3.60. The Bertz CT molecular complexity index is 1950. The van der Waals surface area contributed by atoms with E-state index in [9.17, 15) is 9.59 Å². The normalized spacial score (nSPS) is 13.1. The van der Waals surface area contributed by atoms with Gasteiger partial charge in [-0.05, 0) is 93.6 Å². The molecule has 5 aromatic rings. The number of para-hydroxylation sites is 1. The standard InChI is InChI=1S/C43H54ClN7O2S/c1-29(13-10-11-23-45)51-43(53)37(19-12-24-46)49-26-31-16-6-9-20-39(31)54-41-32(21-22-35(40(41)44)30-14-4-3-5-15-30)27-50-42(52)38(47-2)25-33-28-48-36-18-8-7-17-34(33)36/h3-9,14-18,20-22,28-29,37-38,47-49H,10-13,19,23-27,45-46H2,1-2H3,(H,50,52)(H,51,53)/t29-,37+,38+/m1/s1. The fraction of sp³-hybridized carbons (Fsp3) is 0.349. The minimum Gasteiger partial charge on any atom is -0.361 e. The molecule has 0 saturated heterocycles. The maximum Gasteiger partial charge on any atom is 0.237 e. The number of amides is 2. The van der Waals surface area contributed by atoms with Crippen molar-refractivity contribution in [1.29, 1.82) is 0 Å². The Hall–Kier alpha value is -4.16. The van der Waals surface area contributed by atoms with Crippen LogP contribution < -0.4 is 32.7 Å². The van der Waals surface area contributed by atoms with Crippen molar-refractivity contribution in [2.75, 3.05) is 20.1 Å². The number of hydrogen-bond acceptors (Lipinski definition) is 7. The number of carbonyl (C=O) groups is 2. The minimum absolute atomic E-state index is 0.0185. The summed E-state index contributed by atoms with van der Waals surface area (Å²) < 4.78 is 0. The third kappa shape index (κ3) is 11.2. The Labute approximate surface area is 328 Å². The molecule has 9 N–H and O–H groups in total. The molecular formula is C43H54ClN7O2S. The minimum atomic E-state index is -0.426. The van der Waals surface area contributed by atoms with E-state index in [4.69, 9.17) is 23.1 Å². The molecule has 0 aliphatic heterocycles. The van der Waals surface area contributed by atoms with Gasteiger partial charge in [0.25, 0.3) is 0 Å². The van der Waals surface area contributed by atoms with E-state index in [-0.39, 0.29) is 23.9 Å². The van der Waals surface area contributed by atoms with Gasteiger partial charge >= 0.3 is 0 Å². The fourth-order valence-corrected chi connectivity index (χ4v) is 8.11. The Balaban J connectivity index is 1.35. The first-order valence-corrected chi connectivity index (χ1v) is 20.1. The zero-order chi connectivity index (χ0) is 38.3. The van der Waals surface area contributed by atoms with Crippen LogP contribution in [-0.2, 0) is 29.1 Å². The number of halogens is 1. The van der Waals surface area contributed by atoms with Crippen LogP contribution in [0.3, 0.4) is 0 Å². The summed E-state index contributed by atoms with van der Waals surface area (Å²) in [6.07, 6.45) is 6.69. The fourth-order valence-electron chi connectivity index (χ4n) is 6.59. The largest absolute Gasteiger partial charge is 0.361 e. The van der Waals surface area contributed by atoms with Crippen LogP contribution in [0.1, 0.15) is 55.7 Å². The maximum atomic E-state index is 13.6. The number of aromatic amines is 1. The first-order valence-electron chi connectivity index (χ1n) is 18.9.